The number of nitrogens with zero attached hydrogens (tertiary/aromatic N) is 2. The third kappa shape index (κ3) is 3.26. The molecule has 0 aliphatic carbocycles. The molecular weight excluding hydrogens is 288 g/mol. The maximum Gasteiger partial charge on any atom is 0.258 e. The van der Waals surface area contributed by atoms with Gasteiger partial charge in [-0.3, -0.25) is 0 Å². The van der Waals surface area contributed by atoms with Crippen LogP contribution in [0, 0.1) is 0 Å². The van der Waals surface area contributed by atoms with E-state index in [1.807, 2.05) is 36.4 Å². The Hall–Kier alpha value is -2.62. The maximum atomic E-state index is 5.40. The number of hydrogen-bond acceptors (Lipinski definition) is 4. The van der Waals surface area contributed by atoms with Crippen molar-refractivity contribution < 1.29 is 9.26 Å². The van der Waals surface area contributed by atoms with Crippen LogP contribution in [0.25, 0.3) is 22.8 Å². The van der Waals surface area contributed by atoms with Crippen molar-refractivity contribution in [3.05, 3.63) is 54.1 Å². The topological polar surface area (TPSA) is 48.2 Å². The second-order valence-electron chi connectivity index (χ2n) is 6.48. The smallest absolute Gasteiger partial charge is 0.258 e. The molecule has 3 aromatic rings. The van der Waals surface area contributed by atoms with E-state index in [0.29, 0.717) is 11.7 Å². The van der Waals surface area contributed by atoms with Gasteiger partial charge in [0.15, 0.2) is 0 Å². The van der Waals surface area contributed by atoms with Crippen LogP contribution in [-0.4, -0.2) is 17.3 Å². The van der Waals surface area contributed by atoms with Gasteiger partial charge in [-0.1, -0.05) is 50.2 Å². The van der Waals surface area contributed by atoms with Crippen LogP contribution in [0.5, 0.6) is 5.75 Å². The molecule has 0 spiro atoms. The van der Waals surface area contributed by atoms with E-state index < -0.39 is 0 Å². The van der Waals surface area contributed by atoms with Gasteiger partial charge in [0.1, 0.15) is 5.75 Å². The van der Waals surface area contributed by atoms with E-state index >= 15 is 0 Å². The van der Waals surface area contributed by atoms with E-state index in [9.17, 15) is 0 Å². The van der Waals surface area contributed by atoms with Crippen LogP contribution >= 0.6 is 0 Å². The standard InChI is InChI=1S/C19H20N2O2/c1-19(2,3)15-10-8-13(9-11-15)18-20-17(21-23-18)14-6-5-7-16(12-14)22-4/h5-12H,1-4H3. The first kappa shape index (κ1) is 15.3. The number of aromatic nitrogens is 2. The molecule has 4 nitrogen and oxygen atoms in total. The molecule has 0 aliphatic rings. The fourth-order valence-electron chi connectivity index (χ4n) is 2.33. The van der Waals surface area contributed by atoms with Gasteiger partial charge in [-0.05, 0) is 35.2 Å². The van der Waals surface area contributed by atoms with Gasteiger partial charge in [0.05, 0.1) is 7.11 Å². The van der Waals surface area contributed by atoms with Gasteiger partial charge in [0, 0.05) is 11.1 Å². The highest BCUT2D eigenvalue weighted by Gasteiger charge is 2.15. The molecular formula is C19H20N2O2. The summed E-state index contributed by atoms with van der Waals surface area (Å²) >= 11 is 0. The van der Waals surface area contributed by atoms with Crippen molar-refractivity contribution >= 4 is 0 Å². The Kier molecular flexibility index (Phi) is 3.90. The molecule has 3 rings (SSSR count). The number of benzene rings is 2. The summed E-state index contributed by atoms with van der Waals surface area (Å²) in [6.07, 6.45) is 0. The summed E-state index contributed by atoms with van der Waals surface area (Å²) < 4.78 is 10.6. The van der Waals surface area contributed by atoms with Crippen LogP contribution in [0.4, 0.5) is 0 Å². The van der Waals surface area contributed by atoms with Gasteiger partial charge >= 0.3 is 0 Å². The number of methoxy groups -OCH3 is 1. The number of rotatable bonds is 3. The lowest BCUT2D eigenvalue weighted by molar-refractivity contribution is 0.414. The second-order valence-corrected chi connectivity index (χ2v) is 6.48. The lowest BCUT2D eigenvalue weighted by atomic mass is 9.87. The summed E-state index contributed by atoms with van der Waals surface area (Å²) in [5.74, 6) is 1.84. The van der Waals surface area contributed by atoms with E-state index in [2.05, 4.69) is 43.0 Å². The Bertz CT molecular complexity index is 799. The molecule has 0 saturated heterocycles. The molecule has 2 aromatic carbocycles. The summed E-state index contributed by atoms with van der Waals surface area (Å²) in [7, 11) is 1.64. The molecule has 0 radical (unpaired) electrons. The molecule has 0 unspecified atom stereocenters. The van der Waals surface area contributed by atoms with Gasteiger partial charge in [-0.25, -0.2) is 0 Å². The summed E-state index contributed by atoms with van der Waals surface area (Å²) in [5, 5.41) is 4.07. The average molecular weight is 308 g/mol. The van der Waals surface area contributed by atoms with E-state index in [1.165, 1.54) is 5.56 Å². The second kappa shape index (κ2) is 5.88. The van der Waals surface area contributed by atoms with Crippen LogP contribution < -0.4 is 4.74 Å². The zero-order chi connectivity index (χ0) is 16.4. The van der Waals surface area contributed by atoms with Crippen LogP contribution in [0.2, 0.25) is 0 Å². The third-order valence-electron chi connectivity index (χ3n) is 3.75. The molecule has 4 heteroatoms. The van der Waals surface area contributed by atoms with Crippen molar-refractivity contribution in [1.29, 1.82) is 0 Å². The van der Waals surface area contributed by atoms with Crippen molar-refractivity contribution in [1.82, 2.24) is 10.1 Å². The van der Waals surface area contributed by atoms with Crippen LogP contribution in [0.15, 0.2) is 53.1 Å². The zero-order valence-corrected chi connectivity index (χ0v) is 13.8. The number of hydrogen-bond donors (Lipinski definition) is 0. The lowest BCUT2D eigenvalue weighted by Gasteiger charge is -2.18. The molecule has 1 aromatic heterocycles. The Morgan fingerprint density at radius 3 is 2.35 bits per heavy atom. The highest BCUT2D eigenvalue weighted by Crippen LogP contribution is 2.27. The molecule has 0 amide bonds. The van der Waals surface area contributed by atoms with Crippen LogP contribution in [0.3, 0.4) is 0 Å². The van der Waals surface area contributed by atoms with Crippen molar-refractivity contribution in [2.24, 2.45) is 0 Å². The molecule has 0 aliphatic heterocycles. The van der Waals surface area contributed by atoms with Gasteiger partial charge in [-0.15, -0.1) is 0 Å². The van der Waals surface area contributed by atoms with E-state index in [-0.39, 0.29) is 5.41 Å². The van der Waals surface area contributed by atoms with Crippen LogP contribution in [-0.2, 0) is 5.41 Å². The molecule has 0 N–H and O–H groups in total. The minimum atomic E-state index is 0.124. The lowest BCUT2D eigenvalue weighted by Crippen LogP contribution is -2.10. The van der Waals surface area contributed by atoms with E-state index in [0.717, 1.165) is 16.9 Å². The fraction of sp³-hybridized carbons (Fsp3) is 0.263. The Morgan fingerprint density at radius 1 is 0.957 bits per heavy atom. The Morgan fingerprint density at radius 2 is 1.70 bits per heavy atom. The summed E-state index contributed by atoms with van der Waals surface area (Å²) in [6.45, 7) is 6.57. The first-order valence-electron chi connectivity index (χ1n) is 7.56. The van der Waals surface area contributed by atoms with Crippen molar-refractivity contribution in [2.75, 3.05) is 7.11 Å². The van der Waals surface area contributed by atoms with Gasteiger partial charge in [0.2, 0.25) is 5.82 Å². The molecule has 0 atom stereocenters. The molecule has 0 saturated carbocycles. The third-order valence-corrected chi connectivity index (χ3v) is 3.75. The minimum Gasteiger partial charge on any atom is -0.497 e. The average Bonchev–Trinajstić information content (AvgIpc) is 3.04. The SMILES string of the molecule is COc1cccc(-c2noc(-c3ccc(C(C)(C)C)cc3)n2)c1. The van der Waals surface area contributed by atoms with Crippen molar-refractivity contribution in [3.63, 3.8) is 0 Å². The molecule has 0 bridgehead atoms. The zero-order valence-electron chi connectivity index (χ0n) is 13.8. The summed E-state index contributed by atoms with van der Waals surface area (Å²) in [5.41, 5.74) is 3.18. The maximum absolute atomic E-state index is 5.40. The van der Waals surface area contributed by atoms with Gasteiger partial charge in [0.25, 0.3) is 5.89 Å². The minimum absolute atomic E-state index is 0.124. The number of ether oxygens (including phenoxy) is 1. The van der Waals surface area contributed by atoms with Crippen LogP contribution in [0.1, 0.15) is 26.3 Å². The van der Waals surface area contributed by atoms with Crippen molar-refractivity contribution in [3.8, 4) is 28.6 Å². The molecule has 118 valence electrons. The predicted molar refractivity (Wildman–Crippen MR) is 90.4 cm³/mol. The largest absolute Gasteiger partial charge is 0.497 e. The Balaban J connectivity index is 1.89. The highest BCUT2D eigenvalue weighted by atomic mass is 16.5. The van der Waals surface area contributed by atoms with E-state index in [4.69, 9.17) is 9.26 Å². The molecule has 0 fully saturated rings. The first-order chi connectivity index (χ1) is 11.0. The Labute approximate surface area is 136 Å². The highest BCUT2D eigenvalue weighted by molar-refractivity contribution is 5.61. The van der Waals surface area contributed by atoms with Crippen molar-refractivity contribution in [2.45, 2.75) is 26.2 Å². The fourth-order valence-corrected chi connectivity index (χ4v) is 2.33. The summed E-state index contributed by atoms with van der Waals surface area (Å²) in [6, 6.07) is 15.8. The van der Waals surface area contributed by atoms with Gasteiger partial charge in [-0.2, -0.15) is 4.98 Å². The first-order valence-corrected chi connectivity index (χ1v) is 7.56. The summed E-state index contributed by atoms with van der Waals surface area (Å²) in [4.78, 5) is 4.48. The van der Waals surface area contributed by atoms with Gasteiger partial charge < -0.3 is 9.26 Å². The van der Waals surface area contributed by atoms with E-state index in [1.54, 1.807) is 7.11 Å². The quantitative estimate of drug-likeness (QED) is 0.703. The normalized spacial score (nSPS) is 11.5. The molecule has 23 heavy (non-hydrogen) atoms. The predicted octanol–water partition coefficient (Wildman–Crippen LogP) is 4.71. The molecule has 1 heterocycles. The monoisotopic (exact) mass is 308 g/mol.